The van der Waals surface area contributed by atoms with Crippen LogP contribution >= 0.6 is 0 Å². The molecular weight excluding hydrogens is 302 g/mol. The molecule has 1 aliphatic rings. The van der Waals surface area contributed by atoms with Gasteiger partial charge < -0.3 is 15.5 Å². The largest absolute Gasteiger partial charge is 0.446 e. The van der Waals surface area contributed by atoms with Crippen molar-refractivity contribution in [3.63, 3.8) is 0 Å². The van der Waals surface area contributed by atoms with Crippen LogP contribution in [-0.4, -0.2) is 16.9 Å². The lowest BCUT2D eigenvalue weighted by Crippen LogP contribution is -2.34. The van der Waals surface area contributed by atoms with Crippen molar-refractivity contribution in [2.75, 3.05) is 0 Å². The number of amides is 1. The molecule has 0 radical (unpaired) electrons. The Labute approximate surface area is 142 Å². The number of hydrogen-bond acceptors (Lipinski definition) is 4. The van der Waals surface area contributed by atoms with Gasteiger partial charge in [-0.15, -0.1) is 0 Å². The summed E-state index contributed by atoms with van der Waals surface area (Å²) in [6.07, 6.45) is 9.00. The van der Waals surface area contributed by atoms with Crippen LogP contribution in [-0.2, 0) is 6.42 Å². The van der Waals surface area contributed by atoms with Crippen molar-refractivity contribution in [2.24, 2.45) is 5.73 Å². The standard InChI is InChI=1S/C19H25N3O2/c20-16(12-14-8-4-3-5-9-14)19-22-17(13-24-19)18(23)21-15-10-6-1-2-7-11-15/h3-5,8-9,13,15-16H,1-2,6-7,10-12,20H2,(H,21,23). The lowest BCUT2D eigenvalue weighted by Gasteiger charge is -2.14. The van der Waals surface area contributed by atoms with E-state index in [1.54, 1.807) is 0 Å². The van der Waals surface area contributed by atoms with E-state index in [2.05, 4.69) is 10.3 Å². The van der Waals surface area contributed by atoms with Crippen LogP contribution in [0.2, 0.25) is 0 Å². The van der Waals surface area contributed by atoms with Gasteiger partial charge in [-0.3, -0.25) is 4.79 Å². The number of nitrogens with one attached hydrogen (secondary N) is 1. The highest BCUT2D eigenvalue weighted by Gasteiger charge is 2.20. The number of aromatic nitrogens is 1. The summed E-state index contributed by atoms with van der Waals surface area (Å²) in [6, 6.07) is 9.85. The first-order valence-electron chi connectivity index (χ1n) is 8.78. The van der Waals surface area contributed by atoms with Gasteiger partial charge in [-0.25, -0.2) is 4.98 Å². The molecule has 24 heavy (non-hydrogen) atoms. The van der Waals surface area contributed by atoms with Crippen LogP contribution in [0.3, 0.4) is 0 Å². The first kappa shape index (κ1) is 16.7. The van der Waals surface area contributed by atoms with E-state index in [0.29, 0.717) is 18.0 Å². The Kier molecular flexibility index (Phi) is 5.64. The summed E-state index contributed by atoms with van der Waals surface area (Å²) in [5.74, 6) is 0.244. The van der Waals surface area contributed by atoms with E-state index in [1.807, 2.05) is 30.3 Å². The molecule has 1 atom stereocenters. The molecule has 0 aliphatic heterocycles. The topological polar surface area (TPSA) is 81.1 Å². The molecule has 1 amide bonds. The molecule has 5 heteroatoms. The summed E-state index contributed by atoms with van der Waals surface area (Å²) in [5, 5.41) is 3.07. The van der Waals surface area contributed by atoms with Crippen molar-refractivity contribution in [3.05, 3.63) is 53.7 Å². The van der Waals surface area contributed by atoms with Crippen molar-refractivity contribution in [3.8, 4) is 0 Å². The Balaban J connectivity index is 1.58. The van der Waals surface area contributed by atoms with Crippen molar-refractivity contribution in [2.45, 2.75) is 57.0 Å². The molecule has 0 bridgehead atoms. The Morgan fingerprint density at radius 2 is 1.92 bits per heavy atom. The molecule has 5 nitrogen and oxygen atoms in total. The molecule has 1 heterocycles. The predicted molar refractivity (Wildman–Crippen MR) is 92.5 cm³/mol. The van der Waals surface area contributed by atoms with Crippen LogP contribution in [0.1, 0.15) is 66.5 Å². The van der Waals surface area contributed by atoms with Crippen LogP contribution in [0.5, 0.6) is 0 Å². The first-order chi connectivity index (χ1) is 11.7. The fourth-order valence-corrected chi connectivity index (χ4v) is 3.20. The van der Waals surface area contributed by atoms with Gasteiger partial charge in [0.15, 0.2) is 5.69 Å². The summed E-state index contributed by atoms with van der Waals surface area (Å²) in [5.41, 5.74) is 7.59. The second kappa shape index (κ2) is 8.11. The Morgan fingerprint density at radius 3 is 2.62 bits per heavy atom. The van der Waals surface area contributed by atoms with Gasteiger partial charge in [-0.05, 0) is 24.8 Å². The minimum atomic E-state index is -0.355. The molecular formula is C19H25N3O2. The molecule has 2 aromatic rings. The molecule has 1 aromatic heterocycles. The SMILES string of the molecule is NC(Cc1ccccc1)c1nc(C(=O)NC2CCCCCC2)co1. The first-order valence-corrected chi connectivity index (χ1v) is 8.78. The van der Waals surface area contributed by atoms with E-state index in [0.717, 1.165) is 18.4 Å². The summed E-state index contributed by atoms with van der Waals surface area (Å²) in [6.45, 7) is 0. The number of carbonyl (C=O) groups is 1. The molecule has 128 valence electrons. The van der Waals surface area contributed by atoms with Gasteiger partial charge in [0.1, 0.15) is 6.26 Å². The highest BCUT2D eigenvalue weighted by molar-refractivity contribution is 5.92. The third-order valence-corrected chi connectivity index (χ3v) is 4.56. The molecule has 3 rings (SSSR count). The van der Waals surface area contributed by atoms with Crippen LogP contribution in [0.25, 0.3) is 0 Å². The van der Waals surface area contributed by atoms with Crippen molar-refractivity contribution < 1.29 is 9.21 Å². The monoisotopic (exact) mass is 327 g/mol. The fraction of sp³-hybridized carbons (Fsp3) is 0.474. The predicted octanol–water partition coefficient (Wildman–Crippen LogP) is 3.37. The molecule has 1 aromatic carbocycles. The van der Waals surface area contributed by atoms with Crippen LogP contribution in [0, 0.1) is 0 Å². The molecule has 0 spiro atoms. The minimum absolute atomic E-state index is 0.163. The third kappa shape index (κ3) is 4.45. The van der Waals surface area contributed by atoms with E-state index >= 15 is 0 Å². The Hall–Kier alpha value is -2.14. The number of nitrogens with zero attached hydrogens (tertiary/aromatic N) is 1. The van der Waals surface area contributed by atoms with Crippen LogP contribution in [0.4, 0.5) is 0 Å². The lowest BCUT2D eigenvalue weighted by atomic mass is 10.1. The summed E-state index contributed by atoms with van der Waals surface area (Å²) >= 11 is 0. The van der Waals surface area contributed by atoms with E-state index in [1.165, 1.54) is 31.9 Å². The quantitative estimate of drug-likeness (QED) is 0.825. The Morgan fingerprint density at radius 1 is 1.21 bits per heavy atom. The normalized spacial score (nSPS) is 17.2. The van der Waals surface area contributed by atoms with Crippen molar-refractivity contribution in [1.82, 2.24) is 10.3 Å². The van der Waals surface area contributed by atoms with E-state index < -0.39 is 0 Å². The Bertz CT molecular complexity index is 646. The minimum Gasteiger partial charge on any atom is -0.446 e. The van der Waals surface area contributed by atoms with Crippen LogP contribution in [0.15, 0.2) is 41.0 Å². The smallest absolute Gasteiger partial charge is 0.273 e. The number of rotatable bonds is 5. The highest BCUT2D eigenvalue weighted by Crippen LogP contribution is 2.19. The summed E-state index contributed by atoms with van der Waals surface area (Å²) in [7, 11) is 0. The third-order valence-electron chi connectivity index (χ3n) is 4.56. The second-order valence-corrected chi connectivity index (χ2v) is 6.53. The maximum absolute atomic E-state index is 12.3. The maximum atomic E-state index is 12.3. The summed E-state index contributed by atoms with van der Waals surface area (Å²) < 4.78 is 5.44. The molecule has 1 saturated carbocycles. The molecule has 1 unspecified atom stereocenters. The number of benzene rings is 1. The zero-order chi connectivity index (χ0) is 16.8. The summed E-state index contributed by atoms with van der Waals surface area (Å²) in [4.78, 5) is 16.6. The maximum Gasteiger partial charge on any atom is 0.273 e. The molecule has 3 N–H and O–H groups in total. The number of hydrogen-bond donors (Lipinski definition) is 2. The van der Waals surface area contributed by atoms with Crippen molar-refractivity contribution >= 4 is 5.91 Å². The molecule has 0 saturated heterocycles. The number of oxazole rings is 1. The van der Waals surface area contributed by atoms with E-state index in [9.17, 15) is 4.79 Å². The highest BCUT2D eigenvalue weighted by atomic mass is 16.3. The van der Waals surface area contributed by atoms with Gasteiger partial charge in [-0.1, -0.05) is 56.0 Å². The van der Waals surface area contributed by atoms with E-state index in [4.69, 9.17) is 10.2 Å². The zero-order valence-corrected chi connectivity index (χ0v) is 13.9. The van der Waals surface area contributed by atoms with E-state index in [-0.39, 0.29) is 18.0 Å². The average Bonchev–Trinajstić information content (AvgIpc) is 2.96. The van der Waals surface area contributed by atoms with Gasteiger partial charge in [0.25, 0.3) is 5.91 Å². The average molecular weight is 327 g/mol. The van der Waals surface area contributed by atoms with Gasteiger partial charge in [0, 0.05) is 6.04 Å². The second-order valence-electron chi connectivity index (χ2n) is 6.53. The van der Waals surface area contributed by atoms with Gasteiger partial charge >= 0.3 is 0 Å². The zero-order valence-electron chi connectivity index (χ0n) is 13.9. The molecule has 1 fully saturated rings. The fourth-order valence-electron chi connectivity index (χ4n) is 3.20. The van der Waals surface area contributed by atoms with Gasteiger partial charge in [-0.2, -0.15) is 0 Å². The van der Waals surface area contributed by atoms with Gasteiger partial charge in [0.05, 0.1) is 6.04 Å². The molecule has 1 aliphatic carbocycles. The number of nitrogens with two attached hydrogens (primary N) is 1. The van der Waals surface area contributed by atoms with Crippen molar-refractivity contribution in [1.29, 1.82) is 0 Å². The number of carbonyl (C=O) groups excluding carboxylic acids is 1. The van der Waals surface area contributed by atoms with Crippen LogP contribution < -0.4 is 11.1 Å². The van der Waals surface area contributed by atoms with Gasteiger partial charge in [0.2, 0.25) is 5.89 Å². The lowest BCUT2D eigenvalue weighted by molar-refractivity contribution is 0.0928.